The number of urea groups is 1. The summed E-state index contributed by atoms with van der Waals surface area (Å²) in [4.78, 5) is 14.3. The molecule has 0 spiro atoms. The Morgan fingerprint density at radius 3 is 2.65 bits per heavy atom. The number of hydrogen-bond donors (Lipinski definition) is 2. The predicted molar refractivity (Wildman–Crippen MR) is 83.8 cm³/mol. The molecule has 1 atom stereocenters. The number of likely N-dealkylation sites (N-methyl/N-ethyl adjacent to an activating group) is 1. The molecule has 0 saturated carbocycles. The Balaban J connectivity index is 2.05. The predicted octanol–water partition coefficient (Wildman–Crippen LogP) is 3.60. The number of carbonyl (C=O) groups excluding carboxylic acids is 1. The maximum Gasteiger partial charge on any atom is 0.322 e. The first-order chi connectivity index (χ1) is 9.60. The quantitative estimate of drug-likeness (QED) is 0.895. The average molecular weight is 316 g/mol. The Labute approximate surface area is 129 Å². The lowest BCUT2D eigenvalue weighted by atomic mass is 10.0. The SMILES string of the molecule is CNCC1CCCCN1C(=O)Nc1cc(Cl)cc(Cl)c1. The van der Waals surface area contributed by atoms with Gasteiger partial charge in [0.05, 0.1) is 0 Å². The van der Waals surface area contributed by atoms with E-state index in [1.165, 1.54) is 6.42 Å². The van der Waals surface area contributed by atoms with E-state index < -0.39 is 0 Å². The summed E-state index contributed by atoms with van der Waals surface area (Å²) in [6.07, 6.45) is 3.24. The molecule has 0 radical (unpaired) electrons. The second kappa shape index (κ2) is 7.16. The lowest BCUT2D eigenvalue weighted by Crippen LogP contribution is -2.49. The third-order valence-corrected chi connectivity index (χ3v) is 3.88. The van der Waals surface area contributed by atoms with Crippen molar-refractivity contribution >= 4 is 34.9 Å². The van der Waals surface area contributed by atoms with Gasteiger partial charge in [-0.3, -0.25) is 0 Å². The highest BCUT2D eigenvalue weighted by atomic mass is 35.5. The average Bonchev–Trinajstić information content (AvgIpc) is 2.38. The Hall–Kier alpha value is -0.970. The zero-order valence-corrected chi connectivity index (χ0v) is 13.0. The number of piperidine rings is 1. The molecule has 0 bridgehead atoms. The molecule has 2 amide bonds. The van der Waals surface area contributed by atoms with E-state index in [1.54, 1.807) is 18.2 Å². The van der Waals surface area contributed by atoms with Crippen molar-refractivity contribution in [2.24, 2.45) is 0 Å². The summed E-state index contributed by atoms with van der Waals surface area (Å²) < 4.78 is 0. The number of halogens is 2. The van der Waals surface area contributed by atoms with Gasteiger partial charge in [-0.2, -0.15) is 0 Å². The fourth-order valence-electron chi connectivity index (χ4n) is 2.54. The number of carbonyl (C=O) groups is 1. The van der Waals surface area contributed by atoms with E-state index in [0.29, 0.717) is 15.7 Å². The smallest absolute Gasteiger partial charge is 0.320 e. The first-order valence-electron chi connectivity index (χ1n) is 6.78. The van der Waals surface area contributed by atoms with Crippen molar-refractivity contribution in [3.8, 4) is 0 Å². The van der Waals surface area contributed by atoms with Crippen LogP contribution in [-0.2, 0) is 0 Å². The lowest BCUT2D eigenvalue weighted by molar-refractivity contribution is 0.162. The molecule has 1 heterocycles. The van der Waals surface area contributed by atoms with Gasteiger partial charge in [0.15, 0.2) is 0 Å². The van der Waals surface area contributed by atoms with Crippen LogP contribution in [0, 0.1) is 0 Å². The van der Waals surface area contributed by atoms with Crippen LogP contribution in [0.1, 0.15) is 19.3 Å². The van der Waals surface area contributed by atoms with Crippen LogP contribution in [0.15, 0.2) is 18.2 Å². The number of likely N-dealkylation sites (tertiary alicyclic amines) is 1. The summed E-state index contributed by atoms with van der Waals surface area (Å²) in [6.45, 7) is 1.59. The van der Waals surface area contributed by atoms with Crippen LogP contribution in [0.2, 0.25) is 10.0 Å². The molecule has 2 N–H and O–H groups in total. The van der Waals surface area contributed by atoms with Gasteiger partial charge >= 0.3 is 6.03 Å². The van der Waals surface area contributed by atoms with Gasteiger partial charge in [0.1, 0.15) is 0 Å². The Morgan fingerprint density at radius 2 is 2.00 bits per heavy atom. The van der Waals surface area contributed by atoms with Gasteiger partial charge in [-0.1, -0.05) is 23.2 Å². The van der Waals surface area contributed by atoms with Crippen LogP contribution in [0.25, 0.3) is 0 Å². The molecule has 1 aromatic carbocycles. The second-order valence-electron chi connectivity index (χ2n) is 4.99. The normalized spacial score (nSPS) is 18.9. The van der Waals surface area contributed by atoms with Gasteiger partial charge < -0.3 is 15.5 Å². The number of amides is 2. The van der Waals surface area contributed by atoms with Gasteiger partial charge in [0, 0.05) is 34.9 Å². The van der Waals surface area contributed by atoms with Gasteiger partial charge in [-0.05, 0) is 44.5 Å². The summed E-state index contributed by atoms with van der Waals surface area (Å²) in [5, 5.41) is 7.04. The van der Waals surface area contributed by atoms with E-state index in [2.05, 4.69) is 10.6 Å². The van der Waals surface area contributed by atoms with Crippen LogP contribution >= 0.6 is 23.2 Å². The molecule has 4 nitrogen and oxygen atoms in total. The molecular formula is C14H19Cl2N3O. The number of anilines is 1. The number of nitrogens with zero attached hydrogens (tertiary/aromatic N) is 1. The fourth-order valence-corrected chi connectivity index (χ4v) is 3.06. The third kappa shape index (κ3) is 4.01. The van der Waals surface area contributed by atoms with E-state index in [4.69, 9.17) is 23.2 Å². The molecular weight excluding hydrogens is 297 g/mol. The Bertz CT molecular complexity index is 459. The lowest BCUT2D eigenvalue weighted by Gasteiger charge is -2.35. The minimum absolute atomic E-state index is 0.0942. The molecule has 1 saturated heterocycles. The van der Waals surface area contributed by atoms with Crippen molar-refractivity contribution < 1.29 is 4.79 Å². The minimum Gasteiger partial charge on any atom is -0.320 e. The van der Waals surface area contributed by atoms with Crippen LogP contribution < -0.4 is 10.6 Å². The van der Waals surface area contributed by atoms with Gasteiger partial charge in [-0.25, -0.2) is 4.79 Å². The van der Waals surface area contributed by atoms with Crippen molar-refractivity contribution in [2.75, 3.05) is 25.5 Å². The van der Waals surface area contributed by atoms with Gasteiger partial charge in [-0.15, -0.1) is 0 Å². The number of rotatable bonds is 3. The minimum atomic E-state index is -0.0942. The van der Waals surface area contributed by atoms with Crippen LogP contribution in [0.5, 0.6) is 0 Å². The highest BCUT2D eigenvalue weighted by molar-refractivity contribution is 6.35. The van der Waals surface area contributed by atoms with Crippen LogP contribution in [0.3, 0.4) is 0 Å². The highest BCUT2D eigenvalue weighted by Gasteiger charge is 2.26. The van der Waals surface area contributed by atoms with Crippen LogP contribution in [-0.4, -0.2) is 37.1 Å². The van der Waals surface area contributed by atoms with Gasteiger partial charge in [0.2, 0.25) is 0 Å². The maximum atomic E-state index is 12.4. The molecule has 1 aromatic rings. The second-order valence-corrected chi connectivity index (χ2v) is 5.86. The summed E-state index contributed by atoms with van der Waals surface area (Å²) >= 11 is 11.9. The molecule has 1 aliphatic heterocycles. The van der Waals surface area contributed by atoms with E-state index in [-0.39, 0.29) is 12.1 Å². The van der Waals surface area contributed by atoms with E-state index >= 15 is 0 Å². The third-order valence-electron chi connectivity index (χ3n) is 3.44. The largest absolute Gasteiger partial charge is 0.322 e. The molecule has 20 heavy (non-hydrogen) atoms. The van der Waals surface area contributed by atoms with Crippen molar-refractivity contribution in [3.63, 3.8) is 0 Å². The van der Waals surface area contributed by atoms with Gasteiger partial charge in [0.25, 0.3) is 0 Å². The fraction of sp³-hybridized carbons (Fsp3) is 0.500. The number of benzene rings is 1. The van der Waals surface area contributed by atoms with Crippen LogP contribution in [0.4, 0.5) is 10.5 Å². The van der Waals surface area contributed by atoms with E-state index in [9.17, 15) is 4.79 Å². The molecule has 2 rings (SSSR count). The molecule has 0 aromatic heterocycles. The van der Waals surface area contributed by atoms with E-state index in [1.807, 2.05) is 11.9 Å². The Morgan fingerprint density at radius 1 is 1.30 bits per heavy atom. The van der Waals surface area contributed by atoms with Crippen molar-refractivity contribution in [3.05, 3.63) is 28.2 Å². The molecule has 1 fully saturated rings. The zero-order chi connectivity index (χ0) is 14.5. The summed E-state index contributed by atoms with van der Waals surface area (Å²) in [7, 11) is 1.90. The summed E-state index contributed by atoms with van der Waals surface area (Å²) in [5.41, 5.74) is 0.626. The highest BCUT2D eigenvalue weighted by Crippen LogP contribution is 2.24. The molecule has 6 heteroatoms. The van der Waals surface area contributed by atoms with Crippen molar-refractivity contribution in [1.82, 2.24) is 10.2 Å². The standard InChI is InChI=1S/C14H19Cl2N3O/c1-17-9-13-4-2-3-5-19(13)14(20)18-12-7-10(15)6-11(16)8-12/h6-8,13,17H,2-5,9H2,1H3,(H,18,20). The zero-order valence-electron chi connectivity index (χ0n) is 11.5. The van der Waals surface area contributed by atoms with Crippen molar-refractivity contribution in [1.29, 1.82) is 0 Å². The molecule has 110 valence electrons. The number of nitrogens with one attached hydrogen (secondary N) is 2. The van der Waals surface area contributed by atoms with Crippen molar-refractivity contribution in [2.45, 2.75) is 25.3 Å². The molecule has 1 aliphatic rings. The first-order valence-corrected chi connectivity index (χ1v) is 7.54. The molecule has 0 aliphatic carbocycles. The summed E-state index contributed by atoms with van der Waals surface area (Å²) in [5.74, 6) is 0. The topological polar surface area (TPSA) is 44.4 Å². The maximum absolute atomic E-state index is 12.4. The Kier molecular flexibility index (Phi) is 5.52. The molecule has 1 unspecified atom stereocenters. The monoisotopic (exact) mass is 315 g/mol. The summed E-state index contributed by atoms with van der Waals surface area (Å²) in [6, 6.07) is 5.18. The number of hydrogen-bond acceptors (Lipinski definition) is 2. The first kappa shape index (κ1) is 15.4. The van der Waals surface area contributed by atoms with E-state index in [0.717, 1.165) is 25.9 Å².